The third-order valence-corrected chi connectivity index (χ3v) is 3.81. The summed E-state index contributed by atoms with van der Waals surface area (Å²) in [5, 5.41) is 12.1. The predicted molar refractivity (Wildman–Crippen MR) is 91.2 cm³/mol. The zero-order valence-electron chi connectivity index (χ0n) is 13.2. The summed E-state index contributed by atoms with van der Waals surface area (Å²) < 4.78 is 5.17. The lowest BCUT2D eigenvalue weighted by molar-refractivity contribution is -0.117. The van der Waals surface area contributed by atoms with Crippen molar-refractivity contribution in [3.8, 4) is 11.8 Å². The topological polar surface area (TPSA) is 79.2 Å². The number of methoxy groups -OCH3 is 1. The lowest BCUT2D eigenvalue weighted by Crippen LogP contribution is -2.28. The number of carbonyl (C=O) groups excluding carboxylic acids is 2. The summed E-state index contributed by atoms with van der Waals surface area (Å²) in [6.07, 6.45) is 0. The van der Waals surface area contributed by atoms with Crippen molar-refractivity contribution in [2.75, 3.05) is 12.4 Å². The van der Waals surface area contributed by atoms with E-state index in [1.807, 2.05) is 6.92 Å². The van der Waals surface area contributed by atoms with Crippen molar-refractivity contribution in [2.45, 2.75) is 6.92 Å². The Bertz CT molecular complexity index is 827. The first kappa shape index (κ1) is 17.5. The number of rotatable bonds is 5. The van der Waals surface area contributed by atoms with Gasteiger partial charge in [0.15, 0.2) is 11.7 Å². The Morgan fingerprint density at radius 3 is 2.58 bits per heavy atom. The molecule has 6 heteroatoms. The first-order valence-corrected chi connectivity index (χ1v) is 7.49. The number of nitrogens with one attached hydrogen (secondary N) is 1. The van der Waals surface area contributed by atoms with E-state index < -0.39 is 17.6 Å². The van der Waals surface area contributed by atoms with Crippen molar-refractivity contribution < 1.29 is 14.3 Å². The van der Waals surface area contributed by atoms with E-state index >= 15 is 0 Å². The van der Waals surface area contributed by atoms with Crippen LogP contribution in [-0.2, 0) is 4.79 Å². The number of hydrogen-bond acceptors (Lipinski definition) is 4. The fourth-order valence-electron chi connectivity index (χ4n) is 2.14. The molecule has 24 heavy (non-hydrogen) atoms. The van der Waals surface area contributed by atoms with Crippen molar-refractivity contribution in [3.05, 3.63) is 58.6 Å². The maximum atomic E-state index is 12.5. The third kappa shape index (κ3) is 3.73. The molecule has 2 aromatic rings. The molecule has 1 atom stereocenters. The molecule has 0 radical (unpaired) electrons. The quantitative estimate of drug-likeness (QED) is 0.664. The molecule has 2 rings (SSSR count). The third-order valence-electron chi connectivity index (χ3n) is 3.48. The number of halogens is 1. The van der Waals surface area contributed by atoms with Gasteiger partial charge in [-0.2, -0.15) is 5.26 Å². The number of benzene rings is 2. The number of aryl methyl sites for hydroxylation is 1. The van der Waals surface area contributed by atoms with Crippen LogP contribution in [0.4, 0.5) is 5.69 Å². The second kappa shape index (κ2) is 7.62. The number of amides is 1. The van der Waals surface area contributed by atoms with Crippen LogP contribution in [0, 0.1) is 24.2 Å². The van der Waals surface area contributed by atoms with Crippen LogP contribution < -0.4 is 10.1 Å². The standard InChI is InChI=1S/C18H15ClN2O3/c1-11-7-8-12(9-16(11)24-2)17(22)13(10-20)18(23)21-15-6-4-3-5-14(15)19/h3-9,13H,1-2H3,(H,21,23). The largest absolute Gasteiger partial charge is 0.496 e. The molecule has 1 unspecified atom stereocenters. The highest BCUT2D eigenvalue weighted by Crippen LogP contribution is 2.23. The van der Waals surface area contributed by atoms with Gasteiger partial charge in [0.1, 0.15) is 5.75 Å². The average molecular weight is 343 g/mol. The number of ether oxygens (including phenoxy) is 1. The molecule has 0 aliphatic heterocycles. The van der Waals surface area contributed by atoms with E-state index in [0.717, 1.165) is 5.56 Å². The second-order valence-corrected chi connectivity index (χ2v) is 5.49. The maximum Gasteiger partial charge on any atom is 0.249 e. The summed E-state index contributed by atoms with van der Waals surface area (Å²) >= 11 is 5.97. The number of carbonyl (C=O) groups is 2. The number of Topliss-reactive ketones (excluding diaryl/α,β-unsaturated/α-hetero) is 1. The van der Waals surface area contributed by atoms with E-state index in [2.05, 4.69) is 5.32 Å². The number of ketones is 1. The number of para-hydroxylation sites is 1. The molecule has 0 aliphatic rings. The minimum absolute atomic E-state index is 0.235. The first-order valence-electron chi connectivity index (χ1n) is 7.11. The number of nitrogens with zero attached hydrogens (tertiary/aromatic N) is 1. The molecule has 2 aromatic carbocycles. The van der Waals surface area contributed by atoms with Crippen LogP contribution in [0.25, 0.3) is 0 Å². The van der Waals surface area contributed by atoms with Crippen LogP contribution in [0.3, 0.4) is 0 Å². The molecule has 1 amide bonds. The molecule has 0 fully saturated rings. The van der Waals surface area contributed by atoms with Gasteiger partial charge < -0.3 is 10.1 Å². The Labute approximate surface area is 144 Å². The minimum Gasteiger partial charge on any atom is -0.496 e. The maximum absolute atomic E-state index is 12.5. The molecule has 0 saturated carbocycles. The van der Waals surface area contributed by atoms with Crippen LogP contribution in [-0.4, -0.2) is 18.8 Å². The van der Waals surface area contributed by atoms with Crippen LogP contribution in [0.15, 0.2) is 42.5 Å². The predicted octanol–water partition coefficient (Wildman–Crippen LogP) is 3.62. The van der Waals surface area contributed by atoms with Gasteiger partial charge in [-0.15, -0.1) is 0 Å². The Kier molecular flexibility index (Phi) is 5.56. The molecule has 0 saturated heterocycles. The number of anilines is 1. The van der Waals surface area contributed by atoms with E-state index in [1.165, 1.54) is 13.2 Å². The molecule has 122 valence electrons. The van der Waals surface area contributed by atoms with Crippen LogP contribution >= 0.6 is 11.6 Å². The molecule has 0 heterocycles. The first-order chi connectivity index (χ1) is 11.5. The highest BCUT2D eigenvalue weighted by Gasteiger charge is 2.28. The monoisotopic (exact) mass is 342 g/mol. The lowest BCUT2D eigenvalue weighted by Gasteiger charge is -2.12. The van der Waals surface area contributed by atoms with Gasteiger partial charge in [-0.25, -0.2) is 0 Å². The molecule has 0 bridgehead atoms. The Morgan fingerprint density at radius 2 is 1.96 bits per heavy atom. The normalized spacial score (nSPS) is 11.2. The summed E-state index contributed by atoms with van der Waals surface area (Å²) in [7, 11) is 1.49. The van der Waals surface area contributed by atoms with E-state index in [-0.39, 0.29) is 5.56 Å². The van der Waals surface area contributed by atoms with Gasteiger partial charge >= 0.3 is 0 Å². The molecular weight excluding hydrogens is 328 g/mol. The van der Waals surface area contributed by atoms with Crippen LogP contribution in [0.5, 0.6) is 5.75 Å². The summed E-state index contributed by atoms with van der Waals surface area (Å²) in [6.45, 7) is 1.83. The van der Waals surface area contributed by atoms with Crippen molar-refractivity contribution in [1.82, 2.24) is 0 Å². The van der Waals surface area contributed by atoms with Crippen molar-refractivity contribution in [1.29, 1.82) is 5.26 Å². The Balaban J connectivity index is 2.24. The minimum atomic E-state index is -1.48. The number of nitriles is 1. The van der Waals surface area contributed by atoms with Gasteiger partial charge in [-0.1, -0.05) is 35.9 Å². The molecule has 0 aromatic heterocycles. The fourth-order valence-corrected chi connectivity index (χ4v) is 2.33. The molecule has 0 aliphatic carbocycles. The number of hydrogen-bond donors (Lipinski definition) is 1. The van der Waals surface area contributed by atoms with E-state index in [4.69, 9.17) is 16.3 Å². The van der Waals surface area contributed by atoms with Gasteiger partial charge in [0, 0.05) is 5.56 Å². The summed E-state index contributed by atoms with van der Waals surface area (Å²) in [5.41, 5.74) is 1.43. The van der Waals surface area contributed by atoms with E-state index in [9.17, 15) is 14.9 Å². The molecule has 5 nitrogen and oxygen atoms in total. The summed E-state index contributed by atoms with van der Waals surface area (Å²) in [5.74, 6) is -2.28. The van der Waals surface area contributed by atoms with Gasteiger partial charge in [-0.05, 0) is 30.7 Å². The summed E-state index contributed by atoms with van der Waals surface area (Å²) in [6, 6.07) is 13.1. The zero-order chi connectivity index (χ0) is 17.7. The zero-order valence-corrected chi connectivity index (χ0v) is 13.9. The smallest absolute Gasteiger partial charge is 0.249 e. The van der Waals surface area contributed by atoms with Gasteiger partial charge in [0.25, 0.3) is 0 Å². The van der Waals surface area contributed by atoms with Crippen molar-refractivity contribution >= 4 is 29.0 Å². The lowest BCUT2D eigenvalue weighted by atomic mass is 9.97. The SMILES string of the molecule is COc1cc(C(=O)C(C#N)C(=O)Nc2ccccc2Cl)ccc1C. The fraction of sp³-hybridized carbons (Fsp3) is 0.167. The van der Waals surface area contributed by atoms with Gasteiger partial charge in [0.05, 0.1) is 23.9 Å². The van der Waals surface area contributed by atoms with Crippen molar-refractivity contribution in [2.24, 2.45) is 5.92 Å². The molecule has 1 N–H and O–H groups in total. The highest BCUT2D eigenvalue weighted by molar-refractivity contribution is 6.34. The second-order valence-electron chi connectivity index (χ2n) is 5.08. The molecule has 0 spiro atoms. The molecular formula is C18H15ClN2O3. The van der Waals surface area contributed by atoms with E-state index in [1.54, 1.807) is 42.5 Å². The van der Waals surface area contributed by atoms with Gasteiger partial charge in [0.2, 0.25) is 5.91 Å². The highest BCUT2D eigenvalue weighted by atomic mass is 35.5. The van der Waals surface area contributed by atoms with Gasteiger partial charge in [-0.3, -0.25) is 9.59 Å². The Hall–Kier alpha value is -2.84. The van der Waals surface area contributed by atoms with Crippen LogP contribution in [0.1, 0.15) is 15.9 Å². The average Bonchev–Trinajstić information content (AvgIpc) is 2.58. The van der Waals surface area contributed by atoms with E-state index in [0.29, 0.717) is 16.5 Å². The summed E-state index contributed by atoms with van der Waals surface area (Å²) in [4.78, 5) is 24.8. The van der Waals surface area contributed by atoms with Crippen molar-refractivity contribution in [3.63, 3.8) is 0 Å². The Morgan fingerprint density at radius 1 is 1.25 bits per heavy atom. The van der Waals surface area contributed by atoms with Crippen LogP contribution in [0.2, 0.25) is 5.02 Å².